The van der Waals surface area contributed by atoms with E-state index in [0.717, 1.165) is 0 Å². The Morgan fingerprint density at radius 2 is 2.50 bits per heavy atom. The van der Waals surface area contributed by atoms with Crippen LogP contribution in [-0.4, -0.2) is 0 Å². The molecule has 1 aliphatic rings. The third-order valence-corrected chi connectivity index (χ3v) is 2.14. The first-order chi connectivity index (χ1) is 2.89. The normalized spacial score (nSPS) is 23.2. The fraction of sp³-hybridized carbons (Fsp3) is 0. The highest BCUT2D eigenvalue weighted by Crippen LogP contribution is 2.35. The topological polar surface area (TPSA) is 0 Å². The molecule has 0 aromatic rings. The molecule has 6 heavy (non-hydrogen) atoms. The monoisotopic (exact) mass is 117 g/mol. The van der Waals surface area contributed by atoms with Crippen molar-refractivity contribution < 1.29 is 0 Å². The van der Waals surface area contributed by atoms with Crippen LogP contribution in [0.1, 0.15) is 0 Å². The predicted octanol–water partition coefficient (Wildman–Crippen LogP) is 1.68. The van der Waals surface area contributed by atoms with Gasteiger partial charge >= 0.3 is 0 Å². The second-order valence-corrected chi connectivity index (χ2v) is 3.52. The molecule has 1 rings (SSSR count). The Morgan fingerprint density at radius 3 is 2.67 bits per heavy atom. The molecule has 0 aromatic carbocycles. The Kier molecular flexibility index (Phi) is 1.27. The van der Waals surface area contributed by atoms with Crippen molar-refractivity contribution in [3.63, 3.8) is 0 Å². The smallest absolute Gasteiger partial charge is 0.0126 e. The van der Waals surface area contributed by atoms with Crippen LogP contribution in [0.15, 0.2) is 17.6 Å². The van der Waals surface area contributed by atoms with Gasteiger partial charge in [0.2, 0.25) is 0 Å². The van der Waals surface area contributed by atoms with Crippen molar-refractivity contribution in [2.75, 3.05) is 0 Å². The second kappa shape index (κ2) is 1.76. The molecule has 33 valence electrons. The maximum absolute atomic E-state index is 4.13. The summed E-state index contributed by atoms with van der Waals surface area (Å²) in [6.07, 6.45) is 3.87. The van der Waals surface area contributed by atoms with Gasteiger partial charge in [-0.05, 0) is 11.5 Å². The molecule has 1 atom stereocenters. The summed E-state index contributed by atoms with van der Waals surface area (Å²) >= 11 is 4.13. The largest absolute Gasteiger partial charge is 0.159 e. The summed E-state index contributed by atoms with van der Waals surface area (Å²) in [5.74, 6) is 0. The van der Waals surface area contributed by atoms with Crippen molar-refractivity contribution in [3.8, 4) is 0 Å². The van der Waals surface area contributed by atoms with Crippen LogP contribution < -0.4 is 0 Å². The minimum Gasteiger partial charge on any atom is -0.159 e. The maximum Gasteiger partial charge on any atom is 0.0126 e. The van der Waals surface area contributed by atoms with Crippen LogP contribution >= 0.6 is 21.6 Å². The molecule has 0 spiro atoms. The van der Waals surface area contributed by atoms with Crippen molar-refractivity contribution in [2.45, 2.75) is 0 Å². The molecule has 0 bridgehead atoms. The molecule has 0 fully saturated rings. The minimum atomic E-state index is -0.257. The van der Waals surface area contributed by atoms with Crippen LogP contribution in [-0.2, 0) is 0 Å². The van der Waals surface area contributed by atoms with E-state index in [4.69, 9.17) is 0 Å². The van der Waals surface area contributed by atoms with Crippen molar-refractivity contribution in [1.29, 1.82) is 0 Å². The lowest BCUT2D eigenvalue weighted by Crippen LogP contribution is -1.38. The van der Waals surface area contributed by atoms with E-state index < -0.39 is 0 Å². The fourth-order valence-electron chi connectivity index (χ4n) is 0.287. The third kappa shape index (κ3) is 0.820. The van der Waals surface area contributed by atoms with Gasteiger partial charge in [-0.1, -0.05) is 6.08 Å². The van der Waals surface area contributed by atoms with Gasteiger partial charge < -0.3 is 0 Å². The number of hydrogen-bond donors (Lipinski definition) is 2. The Labute approximate surface area is 45.1 Å². The zero-order valence-electron chi connectivity index (χ0n) is 3.13. The Bertz CT molecular complexity index is 81.7. The van der Waals surface area contributed by atoms with E-state index >= 15 is 0 Å². The van der Waals surface area contributed by atoms with Crippen LogP contribution in [0, 0.1) is 5.41 Å². The molecule has 2 heteroatoms. The summed E-state index contributed by atoms with van der Waals surface area (Å²) in [5.41, 5.74) is 0. The molecule has 0 aliphatic carbocycles. The molecule has 1 radical (unpaired) electrons. The first-order valence-electron chi connectivity index (χ1n) is 1.64. The Morgan fingerprint density at radius 1 is 1.67 bits per heavy atom. The standard InChI is InChI=1S/C4H5S2/c5-6-3-1-2-4-6/h1-3,5-6H. The molecule has 0 saturated carbocycles. The molecule has 0 nitrogen and oxygen atoms in total. The van der Waals surface area contributed by atoms with Crippen LogP contribution in [0.3, 0.4) is 0 Å². The van der Waals surface area contributed by atoms with E-state index in [1.54, 1.807) is 0 Å². The van der Waals surface area contributed by atoms with Gasteiger partial charge in [0.25, 0.3) is 0 Å². The lowest BCUT2D eigenvalue weighted by molar-refractivity contribution is 2.11. The molecule has 1 heterocycles. The van der Waals surface area contributed by atoms with E-state index in [0.29, 0.717) is 0 Å². The molecular weight excluding hydrogens is 112 g/mol. The Hall–Kier alpha value is 0.180. The average Bonchev–Trinajstić information content (AvgIpc) is 1.86. The summed E-state index contributed by atoms with van der Waals surface area (Å²) in [6, 6.07) is 0. The Balaban J connectivity index is 2.60. The highest BCUT2D eigenvalue weighted by molar-refractivity contribution is 8.80. The van der Waals surface area contributed by atoms with Crippen LogP contribution in [0.5, 0.6) is 0 Å². The highest BCUT2D eigenvalue weighted by Gasteiger charge is 1.86. The second-order valence-electron chi connectivity index (χ2n) is 0.982. The van der Waals surface area contributed by atoms with E-state index in [9.17, 15) is 0 Å². The van der Waals surface area contributed by atoms with E-state index in [1.807, 2.05) is 17.6 Å². The zero-order valence-corrected chi connectivity index (χ0v) is 4.92. The zero-order chi connectivity index (χ0) is 4.41. The summed E-state index contributed by atoms with van der Waals surface area (Å²) in [6.45, 7) is 0. The average molecular weight is 117 g/mol. The predicted molar refractivity (Wildman–Crippen MR) is 34.9 cm³/mol. The van der Waals surface area contributed by atoms with E-state index in [-0.39, 0.29) is 9.93 Å². The summed E-state index contributed by atoms with van der Waals surface area (Å²) in [7, 11) is -0.257. The molecular formula is C4H5S2. The molecule has 0 saturated heterocycles. The lowest BCUT2D eigenvalue weighted by atomic mass is 10.6. The van der Waals surface area contributed by atoms with Gasteiger partial charge in [0.05, 0.1) is 0 Å². The van der Waals surface area contributed by atoms with Gasteiger partial charge in [-0.15, -0.1) is 11.7 Å². The maximum atomic E-state index is 4.13. The van der Waals surface area contributed by atoms with Gasteiger partial charge in [0.15, 0.2) is 0 Å². The molecule has 1 aliphatic heterocycles. The van der Waals surface area contributed by atoms with Gasteiger partial charge in [0.1, 0.15) is 0 Å². The number of thiol groups is 2. The van der Waals surface area contributed by atoms with Gasteiger partial charge in [-0.2, -0.15) is 9.93 Å². The van der Waals surface area contributed by atoms with Gasteiger partial charge in [0, 0.05) is 5.41 Å². The summed E-state index contributed by atoms with van der Waals surface area (Å²) in [5, 5.41) is 5.05. The highest BCUT2D eigenvalue weighted by atomic mass is 33.1. The molecule has 0 aromatic heterocycles. The van der Waals surface area contributed by atoms with E-state index in [1.165, 1.54) is 0 Å². The first kappa shape index (κ1) is 4.34. The minimum absolute atomic E-state index is 0.257. The van der Waals surface area contributed by atoms with Crippen LogP contribution in [0.4, 0.5) is 0 Å². The summed E-state index contributed by atoms with van der Waals surface area (Å²) in [4.78, 5) is 0. The number of rotatable bonds is 0. The van der Waals surface area contributed by atoms with Gasteiger partial charge in [-0.25, -0.2) is 0 Å². The quantitative estimate of drug-likeness (QED) is 0.350. The first-order valence-corrected chi connectivity index (χ1v) is 4.20. The molecule has 0 N–H and O–H groups in total. The van der Waals surface area contributed by atoms with Crippen LogP contribution in [0.2, 0.25) is 0 Å². The van der Waals surface area contributed by atoms with Crippen LogP contribution in [0.25, 0.3) is 0 Å². The summed E-state index contributed by atoms with van der Waals surface area (Å²) < 4.78 is 0. The number of hydrogen-bond acceptors (Lipinski definition) is 1. The van der Waals surface area contributed by atoms with Gasteiger partial charge in [-0.3, -0.25) is 0 Å². The molecule has 1 unspecified atom stereocenters. The fourth-order valence-corrected chi connectivity index (χ4v) is 1.29. The van der Waals surface area contributed by atoms with E-state index in [2.05, 4.69) is 17.1 Å². The molecule has 0 amide bonds. The van der Waals surface area contributed by atoms with Crippen molar-refractivity contribution in [1.82, 2.24) is 0 Å². The van der Waals surface area contributed by atoms with Crippen molar-refractivity contribution >= 4 is 21.6 Å². The van der Waals surface area contributed by atoms with Crippen molar-refractivity contribution in [3.05, 3.63) is 23.0 Å². The van der Waals surface area contributed by atoms with Crippen molar-refractivity contribution in [2.24, 2.45) is 0 Å². The lowest BCUT2D eigenvalue weighted by Gasteiger charge is -1.89. The SMILES string of the molecule is S[SH]1[C]=CC=C1. The third-order valence-electron chi connectivity index (χ3n) is 0.530. The number of allylic oxidation sites excluding steroid dienone is 2.